The molecule has 1 saturated heterocycles. The molecule has 0 aromatic carbocycles. The molecule has 1 aromatic heterocycles. The molecule has 0 amide bonds. The van der Waals surface area contributed by atoms with Gasteiger partial charge in [0.05, 0.1) is 63.3 Å². The van der Waals surface area contributed by atoms with Crippen LogP contribution in [0.5, 0.6) is 0 Å². The molecule has 1 aromatic rings. The van der Waals surface area contributed by atoms with Gasteiger partial charge in [0.25, 0.3) is 0 Å². The normalized spacial score (nSPS) is 24.0. The molecule has 2 rings (SSSR count). The van der Waals surface area contributed by atoms with Crippen LogP contribution in [0.2, 0.25) is 0 Å². The number of anilines is 1. The standard InChI is InChI=1S/C14H26N4O11P2.C5H14NO/c1-18(2,3)6-7-26-31(25,29-30(22,23)24)27-8-9-11(19)12(20)13(28-9)17-5-4-10(15)16-14(17)21;1-6(2,3)4-5-7/h4-5,9,11-13,19-20H,6-8H2,1-3H3,(H3-,15,16,21,22,23,24);7H,4-5H2,1-3H3/q;+1/p-1/t9-,11-,12-,13-,31?;/m1./s1. The van der Waals surface area contributed by atoms with Crippen molar-refractivity contribution in [2.45, 2.75) is 24.5 Å². The molecule has 0 aliphatic carbocycles. The van der Waals surface area contributed by atoms with E-state index in [4.69, 9.17) is 24.6 Å². The lowest BCUT2D eigenvalue weighted by Gasteiger charge is -2.32. The second kappa shape index (κ2) is 13.9. The zero-order valence-electron chi connectivity index (χ0n) is 22.3. The van der Waals surface area contributed by atoms with Crippen LogP contribution in [0.1, 0.15) is 6.23 Å². The van der Waals surface area contributed by atoms with Crippen LogP contribution in [0.15, 0.2) is 17.1 Å². The molecule has 1 aliphatic heterocycles. The molecular weight excluding hydrogens is 552 g/mol. The Balaban J connectivity index is 0.000000905. The molecule has 38 heavy (non-hydrogen) atoms. The predicted molar refractivity (Wildman–Crippen MR) is 130 cm³/mol. The summed E-state index contributed by atoms with van der Waals surface area (Å²) in [5, 5.41) is 28.8. The van der Waals surface area contributed by atoms with E-state index in [1.807, 2.05) is 0 Å². The Morgan fingerprint density at radius 2 is 1.66 bits per heavy atom. The Morgan fingerprint density at radius 1 is 1.08 bits per heavy atom. The fourth-order valence-electron chi connectivity index (χ4n) is 2.81. The molecular formula is C19H39N5O12P2. The number of hydrogen-bond donors (Lipinski definition) is 4. The van der Waals surface area contributed by atoms with Crippen molar-refractivity contribution >= 4 is 21.5 Å². The van der Waals surface area contributed by atoms with Crippen molar-refractivity contribution in [1.29, 1.82) is 0 Å². The van der Waals surface area contributed by atoms with Crippen molar-refractivity contribution in [1.82, 2.24) is 9.55 Å². The van der Waals surface area contributed by atoms with Crippen LogP contribution in [0.3, 0.4) is 0 Å². The molecule has 5 N–H and O–H groups in total. The van der Waals surface area contributed by atoms with Gasteiger partial charge in [-0.05, 0) is 6.07 Å². The van der Waals surface area contributed by atoms with E-state index in [0.29, 0.717) is 4.48 Å². The van der Waals surface area contributed by atoms with E-state index in [9.17, 15) is 33.9 Å². The fraction of sp³-hybridized carbons (Fsp3) is 0.789. The number of aliphatic hydroxyl groups excluding tert-OH is 3. The van der Waals surface area contributed by atoms with E-state index < -0.39 is 52.5 Å². The fourth-order valence-corrected chi connectivity index (χ4v) is 4.88. The lowest BCUT2D eigenvalue weighted by Crippen LogP contribution is -2.37. The third-order valence-corrected chi connectivity index (χ3v) is 7.41. The summed E-state index contributed by atoms with van der Waals surface area (Å²) in [6.07, 6.45) is -4.86. The van der Waals surface area contributed by atoms with Gasteiger partial charge in [-0.15, -0.1) is 0 Å². The zero-order valence-corrected chi connectivity index (χ0v) is 24.1. The second-order valence-corrected chi connectivity index (χ2v) is 13.4. The van der Waals surface area contributed by atoms with Gasteiger partial charge in [0.15, 0.2) is 6.23 Å². The molecule has 1 unspecified atom stereocenters. The maximum absolute atomic E-state index is 12.6. The summed E-state index contributed by atoms with van der Waals surface area (Å²) in [5.74, 6) is -0.0714. The highest BCUT2D eigenvalue weighted by Crippen LogP contribution is 2.58. The third-order valence-electron chi connectivity index (χ3n) is 4.84. The molecule has 5 atom stereocenters. The van der Waals surface area contributed by atoms with E-state index >= 15 is 0 Å². The minimum atomic E-state index is -5.76. The quantitative estimate of drug-likeness (QED) is 0.139. The summed E-state index contributed by atoms with van der Waals surface area (Å²) in [4.78, 5) is 37.3. The largest absolute Gasteiger partial charge is 0.789 e. The number of rotatable bonds is 12. The summed E-state index contributed by atoms with van der Waals surface area (Å²) in [5.41, 5.74) is 4.53. The smallest absolute Gasteiger partial charge is 0.478 e. The van der Waals surface area contributed by atoms with Crippen LogP contribution >= 0.6 is 15.6 Å². The molecule has 1 fully saturated rings. The number of aromatic nitrogens is 2. The topological polar surface area (TPSA) is 239 Å². The number of nitrogens with zero attached hydrogens (tertiary/aromatic N) is 4. The van der Waals surface area contributed by atoms with Crippen molar-refractivity contribution in [2.75, 3.05) is 80.9 Å². The van der Waals surface area contributed by atoms with Gasteiger partial charge < -0.3 is 49.1 Å². The number of nitrogen functional groups attached to an aromatic ring is 1. The van der Waals surface area contributed by atoms with E-state index in [2.05, 4.69) is 30.4 Å². The Bertz CT molecular complexity index is 1040. The lowest BCUT2D eigenvalue weighted by atomic mass is 10.1. The molecule has 0 saturated carbocycles. The number of phosphoric ester groups is 1. The average Bonchev–Trinajstić information content (AvgIpc) is 2.98. The first-order valence-electron chi connectivity index (χ1n) is 11.4. The predicted octanol–water partition coefficient (Wildman–Crippen LogP) is -3.18. The molecule has 1 aliphatic rings. The first-order valence-corrected chi connectivity index (χ1v) is 14.3. The average molecular weight is 591 g/mol. The number of hydrogen-bond acceptors (Lipinski definition) is 14. The molecule has 0 bridgehead atoms. The van der Waals surface area contributed by atoms with Gasteiger partial charge in [0, 0.05) is 6.20 Å². The lowest BCUT2D eigenvalue weighted by molar-refractivity contribution is -0.870. The molecule has 17 nitrogen and oxygen atoms in total. The van der Waals surface area contributed by atoms with Crippen molar-refractivity contribution in [3.63, 3.8) is 0 Å². The highest BCUT2D eigenvalue weighted by atomic mass is 31.3. The van der Waals surface area contributed by atoms with Gasteiger partial charge in [-0.25, -0.2) is 9.36 Å². The minimum absolute atomic E-state index is 0.0714. The van der Waals surface area contributed by atoms with Crippen LogP contribution in [0.4, 0.5) is 5.82 Å². The third kappa shape index (κ3) is 12.7. The highest BCUT2D eigenvalue weighted by molar-refractivity contribution is 7.60. The summed E-state index contributed by atoms with van der Waals surface area (Å²) >= 11 is 0. The van der Waals surface area contributed by atoms with Crippen molar-refractivity contribution < 1.29 is 61.3 Å². The number of ether oxygens (including phenoxy) is 1. The van der Waals surface area contributed by atoms with E-state index in [-0.39, 0.29) is 25.6 Å². The number of likely N-dealkylation sites (N-methyl/N-ethyl adjacent to an activating group) is 2. The summed E-state index contributed by atoms with van der Waals surface area (Å²) in [6.45, 7) is 0.290. The van der Waals surface area contributed by atoms with Crippen LogP contribution in [0.25, 0.3) is 0 Å². The first kappa shape index (κ1) is 34.7. The van der Waals surface area contributed by atoms with E-state index in [1.54, 1.807) is 21.1 Å². The Labute approximate surface area is 221 Å². The summed E-state index contributed by atoms with van der Waals surface area (Å²) in [6, 6.07) is 1.26. The molecule has 222 valence electrons. The van der Waals surface area contributed by atoms with Crippen molar-refractivity contribution in [3.8, 4) is 0 Å². The van der Waals surface area contributed by atoms with Crippen LogP contribution in [0, 0.1) is 0 Å². The number of phosphoric acid groups is 2. The maximum Gasteiger partial charge on any atom is 0.478 e. The number of quaternary nitrogens is 2. The molecule has 0 radical (unpaired) electrons. The molecule has 19 heteroatoms. The zero-order chi connectivity index (χ0) is 29.5. The van der Waals surface area contributed by atoms with Gasteiger partial charge in [-0.1, -0.05) is 0 Å². The van der Waals surface area contributed by atoms with Gasteiger partial charge in [-0.3, -0.25) is 17.9 Å². The minimum Gasteiger partial charge on any atom is -0.789 e. The Hall–Kier alpha value is -1.30. The molecule has 0 spiro atoms. The molecule has 2 heterocycles. The van der Waals surface area contributed by atoms with Gasteiger partial charge in [-0.2, -0.15) is 4.98 Å². The first-order chi connectivity index (χ1) is 17.2. The second-order valence-electron chi connectivity index (χ2n) is 10.4. The van der Waals surface area contributed by atoms with Gasteiger partial charge >= 0.3 is 13.5 Å². The van der Waals surface area contributed by atoms with Crippen LogP contribution in [-0.2, 0) is 27.2 Å². The van der Waals surface area contributed by atoms with Crippen LogP contribution in [-0.4, -0.2) is 127 Å². The van der Waals surface area contributed by atoms with E-state index in [1.165, 1.54) is 12.3 Å². The van der Waals surface area contributed by atoms with Gasteiger partial charge in [0.1, 0.15) is 43.8 Å². The Kier molecular flexibility index (Phi) is 12.7. The monoisotopic (exact) mass is 591 g/mol. The summed E-state index contributed by atoms with van der Waals surface area (Å²) in [7, 11) is 0.824. The van der Waals surface area contributed by atoms with Gasteiger partial charge in [0.2, 0.25) is 0 Å². The summed E-state index contributed by atoms with van der Waals surface area (Å²) < 4.78 is 44.7. The number of aliphatic hydroxyl groups is 3. The number of nitrogens with two attached hydrogens (primary N) is 1. The van der Waals surface area contributed by atoms with Crippen molar-refractivity contribution in [3.05, 3.63) is 22.7 Å². The van der Waals surface area contributed by atoms with Crippen LogP contribution < -0.4 is 21.2 Å². The Morgan fingerprint density at radius 3 is 2.11 bits per heavy atom. The van der Waals surface area contributed by atoms with Crippen molar-refractivity contribution in [2.24, 2.45) is 0 Å². The highest BCUT2D eigenvalue weighted by Gasteiger charge is 2.45. The van der Waals surface area contributed by atoms with E-state index in [0.717, 1.165) is 15.6 Å². The SMILES string of the molecule is C[N+](C)(C)CCO.C[N+](C)(C)CCOP(=O)(OC[C@H]1O[C@@H](n2ccc(N)nc2=O)[C@H](O)[C@@H]1O)OP(=O)([O-])[O-]. The maximum atomic E-state index is 12.6.